The molecule has 1 aromatic rings. The van der Waals surface area contributed by atoms with Gasteiger partial charge in [-0.1, -0.05) is 19.8 Å². The number of hydrogen-bond acceptors (Lipinski definition) is 4. The fraction of sp³-hybridized carbons (Fsp3) is 0.462. The maximum atomic E-state index is 11.5. The van der Waals surface area contributed by atoms with Crippen LogP contribution in [0.1, 0.15) is 33.1 Å². The summed E-state index contributed by atoms with van der Waals surface area (Å²) in [6, 6.07) is 5.43. The average molecular weight is 266 g/mol. The van der Waals surface area contributed by atoms with E-state index in [2.05, 4.69) is 12.2 Å². The lowest BCUT2D eigenvalue weighted by atomic mass is 10.1. The highest BCUT2D eigenvalue weighted by atomic mass is 16.6. The molecule has 1 amide bonds. The minimum atomic E-state index is -0.544. The van der Waals surface area contributed by atoms with Gasteiger partial charge in [0.1, 0.15) is 5.75 Å². The molecule has 1 N–H and O–H groups in total. The topological polar surface area (TPSA) is 81.5 Å². The number of benzene rings is 1. The minimum absolute atomic E-state index is 0.0379. The van der Waals surface area contributed by atoms with Gasteiger partial charge < -0.3 is 10.1 Å². The van der Waals surface area contributed by atoms with Crippen LogP contribution in [-0.2, 0) is 0 Å². The summed E-state index contributed by atoms with van der Waals surface area (Å²) in [6.45, 7) is 3.99. The van der Waals surface area contributed by atoms with Crippen LogP contribution in [0.4, 0.5) is 10.5 Å². The van der Waals surface area contributed by atoms with E-state index in [1.165, 1.54) is 24.3 Å². The number of rotatable bonds is 6. The molecule has 6 nitrogen and oxygen atoms in total. The third-order valence-corrected chi connectivity index (χ3v) is 2.61. The lowest BCUT2D eigenvalue weighted by molar-refractivity contribution is -0.384. The maximum Gasteiger partial charge on any atom is 0.412 e. The molecule has 0 saturated heterocycles. The molecule has 1 aromatic carbocycles. The molecule has 0 bridgehead atoms. The molecule has 0 aliphatic carbocycles. The van der Waals surface area contributed by atoms with Gasteiger partial charge >= 0.3 is 6.09 Å². The van der Waals surface area contributed by atoms with E-state index in [-0.39, 0.29) is 17.5 Å². The van der Waals surface area contributed by atoms with Crippen LogP contribution in [0.25, 0.3) is 0 Å². The van der Waals surface area contributed by atoms with Crippen molar-refractivity contribution in [1.29, 1.82) is 0 Å². The SMILES string of the molecule is CCCC[C@H](C)NC(=O)Oc1ccc([N+](=O)[O-])cc1. The number of unbranched alkanes of at least 4 members (excludes halogenated alkanes) is 1. The zero-order chi connectivity index (χ0) is 14.3. The van der Waals surface area contributed by atoms with Gasteiger partial charge in [-0.3, -0.25) is 10.1 Å². The van der Waals surface area contributed by atoms with Crippen LogP contribution in [0.5, 0.6) is 5.75 Å². The highest BCUT2D eigenvalue weighted by Crippen LogP contribution is 2.17. The predicted octanol–water partition coefficient (Wildman–Crippen LogP) is 3.26. The number of ether oxygens (including phenoxy) is 1. The summed E-state index contributed by atoms with van der Waals surface area (Å²) < 4.78 is 5.03. The van der Waals surface area contributed by atoms with Crippen molar-refractivity contribution in [3.8, 4) is 5.75 Å². The van der Waals surface area contributed by atoms with E-state index in [1.54, 1.807) is 0 Å². The number of amides is 1. The van der Waals surface area contributed by atoms with E-state index >= 15 is 0 Å². The molecule has 104 valence electrons. The second kappa shape index (κ2) is 7.35. The monoisotopic (exact) mass is 266 g/mol. The number of nitro groups is 1. The zero-order valence-corrected chi connectivity index (χ0v) is 11.1. The normalized spacial score (nSPS) is 11.7. The van der Waals surface area contributed by atoms with Crippen LogP contribution >= 0.6 is 0 Å². The van der Waals surface area contributed by atoms with Gasteiger partial charge in [0.05, 0.1) is 4.92 Å². The number of nitrogens with one attached hydrogen (secondary N) is 1. The Bertz CT molecular complexity index is 431. The largest absolute Gasteiger partial charge is 0.412 e. The molecule has 0 spiro atoms. The number of non-ortho nitro benzene ring substituents is 1. The number of hydrogen-bond donors (Lipinski definition) is 1. The Morgan fingerprint density at radius 3 is 2.58 bits per heavy atom. The van der Waals surface area contributed by atoms with Crippen molar-refractivity contribution in [1.82, 2.24) is 5.32 Å². The maximum absolute atomic E-state index is 11.5. The van der Waals surface area contributed by atoms with Gasteiger partial charge in [-0.15, -0.1) is 0 Å². The van der Waals surface area contributed by atoms with E-state index in [4.69, 9.17) is 4.74 Å². The number of nitrogens with zero attached hydrogens (tertiary/aromatic N) is 1. The first kappa shape index (κ1) is 14.9. The molecule has 0 unspecified atom stereocenters. The second-order valence-corrected chi connectivity index (χ2v) is 4.33. The van der Waals surface area contributed by atoms with Crippen LogP contribution in [0.15, 0.2) is 24.3 Å². The molecule has 0 aliphatic rings. The van der Waals surface area contributed by atoms with Crippen molar-refractivity contribution < 1.29 is 14.5 Å². The van der Waals surface area contributed by atoms with Crippen LogP contribution < -0.4 is 10.1 Å². The first-order valence-corrected chi connectivity index (χ1v) is 6.25. The molecule has 0 heterocycles. The van der Waals surface area contributed by atoms with Crippen LogP contribution in [0.2, 0.25) is 0 Å². The van der Waals surface area contributed by atoms with Gasteiger partial charge in [-0.2, -0.15) is 0 Å². The Morgan fingerprint density at radius 2 is 2.05 bits per heavy atom. The Balaban J connectivity index is 2.45. The highest BCUT2D eigenvalue weighted by molar-refractivity contribution is 5.70. The molecule has 6 heteroatoms. The first-order valence-electron chi connectivity index (χ1n) is 6.25. The number of carbonyl (C=O) groups excluding carboxylic acids is 1. The van der Waals surface area contributed by atoms with E-state index in [1.807, 2.05) is 6.92 Å². The molecule has 19 heavy (non-hydrogen) atoms. The van der Waals surface area contributed by atoms with Crippen molar-refractivity contribution in [3.05, 3.63) is 34.4 Å². The standard InChI is InChI=1S/C13H18N2O4/c1-3-4-5-10(2)14-13(16)19-12-8-6-11(7-9-12)15(17)18/h6-10H,3-5H2,1-2H3,(H,14,16)/t10-/m0/s1. The molecule has 0 aromatic heterocycles. The summed E-state index contributed by atoms with van der Waals surface area (Å²) in [5.74, 6) is 0.283. The summed E-state index contributed by atoms with van der Waals surface area (Å²) in [7, 11) is 0. The molecular formula is C13H18N2O4. The fourth-order valence-electron chi connectivity index (χ4n) is 1.56. The van der Waals surface area contributed by atoms with Gasteiger partial charge in [0.25, 0.3) is 5.69 Å². The average Bonchev–Trinajstić information content (AvgIpc) is 2.36. The van der Waals surface area contributed by atoms with Gasteiger partial charge in [0.2, 0.25) is 0 Å². The third-order valence-electron chi connectivity index (χ3n) is 2.61. The van der Waals surface area contributed by atoms with Crippen LogP contribution in [0, 0.1) is 10.1 Å². The molecule has 0 fully saturated rings. The van der Waals surface area contributed by atoms with Crippen molar-refractivity contribution in [2.24, 2.45) is 0 Å². The molecular weight excluding hydrogens is 248 g/mol. The van der Waals surface area contributed by atoms with E-state index in [0.29, 0.717) is 0 Å². The Labute approximate surface area is 111 Å². The summed E-state index contributed by atoms with van der Waals surface area (Å²) in [5.41, 5.74) is -0.0379. The lowest BCUT2D eigenvalue weighted by Crippen LogP contribution is -2.34. The lowest BCUT2D eigenvalue weighted by Gasteiger charge is -2.13. The van der Waals surface area contributed by atoms with Crippen LogP contribution in [0.3, 0.4) is 0 Å². The van der Waals surface area contributed by atoms with E-state index < -0.39 is 11.0 Å². The highest BCUT2D eigenvalue weighted by Gasteiger charge is 2.10. The summed E-state index contributed by atoms with van der Waals surface area (Å²) >= 11 is 0. The Kier molecular flexibility index (Phi) is 5.78. The summed E-state index contributed by atoms with van der Waals surface area (Å²) in [4.78, 5) is 21.5. The minimum Gasteiger partial charge on any atom is -0.410 e. The van der Waals surface area contributed by atoms with Crippen LogP contribution in [-0.4, -0.2) is 17.1 Å². The van der Waals surface area contributed by atoms with Crippen molar-refractivity contribution >= 4 is 11.8 Å². The predicted molar refractivity (Wildman–Crippen MR) is 71.2 cm³/mol. The van der Waals surface area contributed by atoms with E-state index in [9.17, 15) is 14.9 Å². The molecule has 1 atom stereocenters. The van der Waals surface area contributed by atoms with E-state index in [0.717, 1.165) is 19.3 Å². The third kappa shape index (κ3) is 5.37. The molecule has 1 rings (SSSR count). The summed E-state index contributed by atoms with van der Waals surface area (Å²) in [5, 5.41) is 13.2. The molecule has 0 radical (unpaired) electrons. The van der Waals surface area contributed by atoms with Gasteiger partial charge in [-0.25, -0.2) is 4.79 Å². The van der Waals surface area contributed by atoms with Crippen molar-refractivity contribution in [2.45, 2.75) is 39.2 Å². The summed E-state index contributed by atoms with van der Waals surface area (Å²) in [6.07, 6.45) is 2.46. The Morgan fingerprint density at radius 1 is 1.42 bits per heavy atom. The number of nitro benzene ring substituents is 1. The number of carbonyl (C=O) groups is 1. The van der Waals surface area contributed by atoms with Gasteiger partial charge in [-0.05, 0) is 25.5 Å². The smallest absolute Gasteiger partial charge is 0.410 e. The Hall–Kier alpha value is -2.11. The molecule has 0 saturated carbocycles. The second-order valence-electron chi connectivity index (χ2n) is 4.33. The first-order chi connectivity index (χ1) is 9.02. The van der Waals surface area contributed by atoms with Crippen molar-refractivity contribution in [2.75, 3.05) is 0 Å². The van der Waals surface area contributed by atoms with Crippen molar-refractivity contribution in [3.63, 3.8) is 0 Å². The fourth-order valence-corrected chi connectivity index (χ4v) is 1.56. The van der Waals surface area contributed by atoms with Gasteiger partial charge in [0, 0.05) is 18.2 Å². The zero-order valence-electron chi connectivity index (χ0n) is 11.1. The quantitative estimate of drug-likeness (QED) is 0.633. The van der Waals surface area contributed by atoms with Gasteiger partial charge in [0.15, 0.2) is 0 Å². The molecule has 0 aliphatic heterocycles.